The highest BCUT2D eigenvalue weighted by molar-refractivity contribution is 7.89. The first-order chi connectivity index (χ1) is 8.38. The van der Waals surface area contributed by atoms with E-state index in [0.717, 1.165) is 12.8 Å². The topological polar surface area (TPSA) is 69.4 Å². The minimum atomic E-state index is -3.35. The second kappa shape index (κ2) is 7.19. The van der Waals surface area contributed by atoms with Crippen molar-refractivity contribution < 1.29 is 13.2 Å². The van der Waals surface area contributed by atoms with E-state index in [0.29, 0.717) is 28.8 Å². The SMILES string of the molecule is NS(=O)(=O)CCCCCOc1ccc(Cl)c(Cl)c1. The highest BCUT2D eigenvalue weighted by atomic mass is 35.5. The van der Waals surface area contributed by atoms with E-state index >= 15 is 0 Å². The van der Waals surface area contributed by atoms with E-state index in [1.165, 1.54) is 0 Å². The highest BCUT2D eigenvalue weighted by Gasteiger charge is 2.02. The van der Waals surface area contributed by atoms with Gasteiger partial charge in [-0.3, -0.25) is 0 Å². The Morgan fingerprint density at radius 1 is 1.11 bits per heavy atom. The molecule has 0 atom stereocenters. The molecule has 0 aliphatic carbocycles. The Hall–Kier alpha value is -0.490. The maximum absolute atomic E-state index is 10.7. The molecule has 0 spiro atoms. The van der Waals surface area contributed by atoms with Gasteiger partial charge in [0.2, 0.25) is 10.0 Å². The van der Waals surface area contributed by atoms with Crippen LogP contribution in [0.15, 0.2) is 18.2 Å². The first-order valence-electron chi connectivity index (χ1n) is 5.47. The third-order valence-corrected chi connectivity index (χ3v) is 3.83. The van der Waals surface area contributed by atoms with Gasteiger partial charge in [-0.15, -0.1) is 0 Å². The lowest BCUT2D eigenvalue weighted by Crippen LogP contribution is -2.16. The van der Waals surface area contributed by atoms with Crippen LogP contribution in [0, 0.1) is 0 Å². The summed E-state index contributed by atoms with van der Waals surface area (Å²) in [6.45, 7) is 0.503. The minimum Gasteiger partial charge on any atom is -0.494 e. The molecule has 7 heteroatoms. The average molecular weight is 312 g/mol. The molecule has 1 rings (SSSR count). The largest absolute Gasteiger partial charge is 0.494 e. The van der Waals surface area contributed by atoms with Crippen LogP contribution >= 0.6 is 23.2 Å². The van der Waals surface area contributed by atoms with Crippen LogP contribution in [-0.4, -0.2) is 20.8 Å². The van der Waals surface area contributed by atoms with Crippen LogP contribution in [-0.2, 0) is 10.0 Å². The van der Waals surface area contributed by atoms with Crippen LogP contribution < -0.4 is 9.88 Å². The number of ether oxygens (including phenoxy) is 1. The molecule has 0 aliphatic heterocycles. The zero-order valence-corrected chi connectivity index (χ0v) is 12.1. The van der Waals surface area contributed by atoms with Crippen molar-refractivity contribution in [3.05, 3.63) is 28.2 Å². The zero-order chi connectivity index (χ0) is 13.6. The van der Waals surface area contributed by atoms with E-state index in [2.05, 4.69) is 0 Å². The number of primary sulfonamides is 1. The van der Waals surface area contributed by atoms with Gasteiger partial charge in [-0.25, -0.2) is 13.6 Å². The van der Waals surface area contributed by atoms with Crippen molar-refractivity contribution in [1.82, 2.24) is 0 Å². The number of hydrogen-bond acceptors (Lipinski definition) is 3. The maximum Gasteiger partial charge on any atom is 0.209 e. The van der Waals surface area contributed by atoms with E-state index in [1.807, 2.05) is 0 Å². The molecular weight excluding hydrogens is 297 g/mol. The molecule has 0 fully saturated rings. The Balaban J connectivity index is 2.20. The molecule has 18 heavy (non-hydrogen) atoms. The fourth-order valence-electron chi connectivity index (χ4n) is 1.34. The summed E-state index contributed by atoms with van der Waals surface area (Å²) < 4.78 is 26.8. The first kappa shape index (κ1) is 15.6. The maximum atomic E-state index is 10.7. The number of hydrogen-bond donors (Lipinski definition) is 1. The van der Waals surface area contributed by atoms with Gasteiger partial charge in [0, 0.05) is 6.07 Å². The van der Waals surface area contributed by atoms with Crippen molar-refractivity contribution in [2.24, 2.45) is 5.14 Å². The minimum absolute atomic E-state index is 0.0137. The van der Waals surface area contributed by atoms with E-state index < -0.39 is 10.0 Å². The van der Waals surface area contributed by atoms with Crippen molar-refractivity contribution in [3.8, 4) is 5.75 Å². The monoisotopic (exact) mass is 311 g/mol. The molecule has 2 N–H and O–H groups in total. The van der Waals surface area contributed by atoms with Gasteiger partial charge >= 0.3 is 0 Å². The molecule has 0 saturated carbocycles. The molecule has 102 valence electrons. The van der Waals surface area contributed by atoms with Gasteiger partial charge in [0.05, 0.1) is 22.4 Å². The van der Waals surface area contributed by atoms with Crippen molar-refractivity contribution in [3.63, 3.8) is 0 Å². The van der Waals surface area contributed by atoms with E-state index in [9.17, 15) is 8.42 Å². The standard InChI is InChI=1S/C11H15Cl2NO3S/c12-10-5-4-9(8-11(10)13)17-6-2-1-3-7-18(14,15)16/h4-5,8H,1-3,6-7H2,(H2,14,15,16). The molecule has 1 aromatic carbocycles. The van der Waals surface area contributed by atoms with Gasteiger partial charge in [0.1, 0.15) is 5.75 Å². The number of sulfonamides is 1. The Bertz CT molecular complexity index is 491. The summed E-state index contributed by atoms with van der Waals surface area (Å²) in [5.41, 5.74) is 0. The van der Waals surface area contributed by atoms with E-state index in [-0.39, 0.29) is 5.75 Å². The fourth-order valence-corrected chi connectivity index (χ4v) is 2.23. The van der Waals surface area contributed by atoms with Gasteiger partial charge in [-0.2, -0.15) is 0 Å². The number of nitrogens with two attached hydrogens (primary N) is 1. The van der Waals surface area contributed by atoms with Crippen LogP contribution in [0.4, 0.5) is 0 Å². The summed E-state index contributed by atoms with van der Waals surface area (Å²) in [7, 11) is -3.35. The summed E-state index contributed by atoms with van der Waals surface area (Å²) in [6, 6.07) is 5.05. The summed E-state index contributed by atoms with van der Waals surface area (Å²) in [6.07, 6.45) is 2.05. The second-order valence-electron chi connectivity index (χ2n) is 3.85. The lowest BCUT2D eigenvalue weighted by molar-refractivity contribution is 0.306. The fraction of sp³-hybridized carbons (Fsp3) is 0.455. The smallest absolute Gasteiger partial charge is 0.209 e. The number of unbranched alkanes of at least 4 members (excludes halogenated alkanes) is 2. The Morgan fingerprint density at radius 2 is 1.83 bits per heavy atom. The molecule has 0 bridgehead atoms. The molecule has 0 radical (unpaired) electrons. The predicted molar refractivity (Wildman–Crippen MR) is 73.8 cm³/mol. The molecule has 0 heterocycles. The van der Waals surface area contributed by atoms with Crippen LogP contribution in [0.5, 0.6) is 5.75 Å². The summed E-state index contributed by atoms with van der Waals surface area (Å²) in [4.78, 5) is 0. The third-order valence-electron chi connectivity index (χ3n) is 2.23. The molecular formula is C11H15Cl2NO3S. The molecule has 0 unspecified atom stereocenters. The van der Waals surface area contributed by atoms with Crippen molar-refractivity contribution >= 4 is 33.2 Å². The Kier molecular flexibility index (Phi) is 6.21. The lowest BCUT2D eigenvalue weighted by Gasteiger charge is -2.06. The van der Waals surface area contributed by atoms with Crippen molar-refractivity contribution in [1.29, 1.82) is 0 Å². The summed E-state index contributed by atoms with van der Waals surface area (Å²) in [5, 5.41) is 5.82. The van der Waals surface area contributed by atoms with E-state index in [4.69, 9.17) is 33.1 Å². The van der Waals surface area contributed by atoms with E-state index in [1.54, 1.807) is 18.2 Å². The molecule has 0 aromatic heterocycles. The van der Waals surface area contributed by atoms with Gasteiger partial charge < -0.3 is 4.74 Å². The molecule has 0 aliphatic rings. The van der Waals surface area contributed by atoms with Crippen LogP contribution in [0.3, 0.4) is 0 Å². The predicted octanol–water partition coefficient (Wildman–Crippen LogP) is 2.83. The number of rotatable bonds is 7. The molecule has 0 saturated heterocycles. The highest BCUT2D eigenvalue weighted by Crippen LogP contribution is 2.26. The van der Waals surface area contributed by atoms with Crippen LogP contribution in [0.1, 0.15) is 19.3 Å². The Morgan fingerprint density at radius 3 is 2.44 bits per heavy atom. The molecule has 1 aromatic rings. The third kappa shape index (κ3) is 6.44. The summed E-state index contributed by atoms with van der Waals surface area (Å²) >= 11 is 11.6. The molecule has 0 amide bonds. The summed E-state index contributed by atoms with van der Waals surface area (Å²) in [5.74, 6) is 0.663. The van der Waals surface area contributed by atoms with Gasteiger partial charge in [-0.05, 0) is 31.4 Å². The number of benzene rings is 1. The molecule has 4 nitrogen and oxygen atoms in total. The van der Waals surface area contributed by atoms with Crippen LogP contribution in [0.2, 0.25) is 10.0 Å². The van der Waals surface area contributed by atoms with Crippen molar-refractivity contribution in [2.75, 3.05) is 12.4 Å². The van der Waals surface area contributed by atoms with Gasteiger partial charge in [0.15, 0.2) is 0 Å². The average Bonchev–Trinajstić information content (AvgIpc) is 2.26. The van der Waals surface area contributed by atoms with Crippen LogP contribution in [0.25, 0.3) is 0 Å². The Labute approximate surface area is 117 Å². The zero-order valence-electron chi connectivity index (χ0n) is 9.73. The lowest BCUT2D eigenvalue weighted by atomic mass is 10.3. The first-order valence-corrected chi connectivity index (χ1v) is 7.94. The normalized spacial score (nSPS) is 11.5. The van der Waals surface area contributed by atoms with Gasteiger partial charge in [0.25, 0.3) is 0 Å². The quantitative estimate of drug-likeness (QED) is 0.787. The second-order valence-corrected chi connectivity index (χ2v) is 6.40. The van der Waals surface area contributed by atoms with Gasteiger partial charge in [-0.1, -0.05) is 23.2 Å². The number of halogens is 2. The van der Waals surface area contributed by atoms with Crippen molar-refractivity contribution in [2.45, 2.75) is 19.3 Å².